The summed E-state index contributed by atoms with van der Waals surface area (Å²) in [5, 5.41) is 0. The van der Waals surface area contributed by atoms with Crippen molar-refractivity contribution >= 4 is 5.91 Å². The second-order valence-corrected chi connectivity index (χ2v) is 11.0. The number of carbonyl (C=O) groups excluding carboxylic acids is 1. The van der Waals surface area contributed by atoms with Gasteiger partial charge in [-0.3, -0.25) is 9.69 Å². The van der Waals surface area contributed by atoms with Crippen molar-refractivity contribution in [3.63, 3.8) is 0 Å². The second kappa shape index (κ2) is 9.62. The number of hydrogen-bond donors (Lipinski definition) is 0. The van der Waals surface area contributed by atoms with Crippen molar-refractivity contribution in [3.05, 3.63) is 107 Å². The first kappa shape index (κ1) is 22.5. The minimum atomic E-state index is 0.0330. The van der Waals surface area contributed by atoms with Crippen LogP contribution in [0.4, 0.5) is 0 Å². The lowest BCUT2D eigenvalue weighted by Gasteiger charge is -2.44. The van der Waals surface area contributed by atoms with Gasteiger partial charge in [-0.25, -0.2) is 0 Å². The lowest BCUT2D eigenvalue weighted by atomic mass is 9.75. The van der Waals surface area contributed by atoms with E-state index in [2.05, 4.69) is 64.4 Å². The molecular weight excluding hydrogens is 428 g/mol. The predicted molar refractivity (Wildman–Crippen MR) is 142 cm³/mol. The van der Waals surface area contributed by atoms with Crippen molar-refractivity contribution in [2.45, 2.75) is 50.0 Å². The van der Waals surface area contributed by atoms with Crippen molar-refractivity contribution < 1.29 is 4.79 Å². The number of rotatable bonds is 5. The van der Waals surface area contributed by atoms with Crippen molar-refractivity contribution in [1.82, 2.24) is 9.80 Å². The molecule has 3 atom stereocenters. The highest BCUT2D eigenvalue weighted by atomic mass is 16.2. The van der Waals surface area contributed by atoms with Gasteiger partial charge in [-0.15, -0.1) is 0 Å². The van der Waals surface area contributed by atoms with Gasteiger partial charge in [0.1, 0.15) is 0 Å². The highest BCUT2D eigenvalue weighted by molar-refractivity contribution is 5.94. The molecule has 1 aliphatic carbocycles. The zero-order valence-corrected chi connectivity index (χ0v) is 20.6. The maximum atomic E-state index is 13.3. The van der Waals surface area contributed by atoms with Gasteiger partial charge in [0.2, 0.25) is 0 Å². The maximum absolute atomic E-state index is 13.3. The average molecular weight is 465 g/mol. The molecule has 0 spiro atoms. The minimum absolute atomic E-state index is 0.0330. The van der Waals surface area contributed by atoms with Crippen molar-refractivity contribution in [1.29, 1.82) is 0 Å². The van der Waals surface area contributed by atoms with Gasteiger partial charge >= 0.3 is 0 Å². The van der Waals surface area contributed by atoms with Gasteiger partial charge in [0.15, 0.2) is 0 Å². The molecule has 3 aromatic carbocycles. The monoisotopic (exact) mass is 464 g/mol. The normalized spacial score (nSPS) is 26.2. The Morgan fingerprint density at radius 2 is 1.51 bits per heavy atom. The molecule has 0 N–H and O–H groups in total. The molecule has 35 heavy (non-hydrogen) atoms. The molecule has 0 unspecified atom stereocenters. The van der Waals surface area contributed by atoms with E-state index in [1.54, 1.807) is 11.1 Å². The number of fused-ring (bicyclic) bond motifs is 2. The molecule has 3 aromatic rings. The van der Waals surface area contributed by atoms with Crippen LogP contribution in [0.2, 0.25) is 0 Å². The van der Waals surface area contributed by atoms with Crippen LogP contribution in [-0.4, -0.2) is 47.9 Å². The third-order valence-corrected chi connectivity index (χ3v) is 8.93. The lowest BCUT2D eigenvalue weighted by Crippen LogP contribution is -2.48. The Morgan fingerprint density at radius 1 is 0.829 bits per heavy atom. The Labute approximate surface area is 209 Å². The van der Waals surface area contributed by atoms with Crippen LogP contribution in [0.25, 0.3) is 0 Å². The van der Waals surface area contributed by atoms with Crippen LogP contribution >= 0.6 is 0 Å². The topological polar surface area (TPSA) is 23.6 Å². The molecule has 2 bridgehead atoms. The molecule has 180 valence electrons. The summed E-state index contributed by atoms with van der Waals surface area (Å²) >= 11 is 0. The van der Waals surface area contributed by atoms with Crippen LogP contribution in [0.3, 0.4) is 0 Å². The Hall–Kier alpha value is -2.91. The fraction of sp³-hybridized carbons (Fsp3) is 0.406. The Bertz CT molecular complexity index is 1160. The molecular formula is C32H36N2O. The van der Waals surface area contributed by atoms with Gasteiger partial charge in [0.05, 0.1) is 0 Å². The quantitative estimate of drug-likeness (QED) is 0.481. The summed E-state index contributed by atoms with van der Waals surface area (Å²) in [6, 6.07) is 30.5. The Balaban J connectivity index is 1.22. The van der Waals surface area contributed by atoms with Crippen molar-refractivity contribution in [2.24, 2.45) is 5.92 Å². The van der Waals surface area contributed by atoms with Crippen LogP contribution in [0, 0.1) is 5.92 Å². The number of carbonyl (C=O) groups is 1. The molecule has 3 aliphatic heterocycles. The summed E-state index contributed by atoms with van der Waals surface area (Å²) in [5.74, 6) is 0.936. The largest absolute Gasteiger partial charge is 0.338 e. The summed E-state index contributed by atoms with van der Waals surface area (Å²) in [7, 11) is 0. The van der Waals surface area contributed by atoms with Gasteiger partial charge in [0, 0.05) is 36.7 Å². The zero-order chi connectivity index (χ0) is 23.7. The summed E-state index contributed by atoms with van der Waals surface area (Å²) in [5.41, 5.74) is 5.37. The number of benzene rings is 3. The smallest absolute Gasteiger partial charge is 0.253 e. The highest BCUT2D eigenvalue weighted by Gasteiger charge is 2.42. The van der Waals surface area contributed by atoms with Crippen molar-refractivity contribution in [3.8, 4) is 0 Å². The van der Waals surface area contributed by atoms with E-state index in [0.717, 1.165) is 44.0 Å². The summed E-state index contributed by atoms with van der Waals surface area (Å²) in [6.45, 7) is 3.99. The third-order valence-electron chi connectivity index (χ3n) is 8.93. The predicted octanol–water partition coefficient (Wildman–Crippen LogP) is 5.74. The Morgan fingerprint density at radius 3 is 2.29 bits per heavy atom. The number of hydrogen-bond acceptors (Lipinski definition) is 2. The number of nitrogens with zero attached hydrogens (tertiary/aromatic N) is 2. The van der Waals surface area contributed by atoms with Gasteiger partial charge in [-0.2, -0.15) is 0 Å². The van der Waals surface area contributed by atoms with Crippen LogP contribution in [0.1, 0.15) is 52.7 Å². The maximum Gasteiger partial charge on any atom is 0.253 e. The molecule has 7 rings (SSSR count). The van der Waals surface area contributed by atoms with Crippen LogP contribution in [0.15, 0.2) is 84.9 Å². The van der Waals surface area contributed by atoms with E-state index in [1.807, 2.05) is 30.3 Å². The first-order chi connectivity index (χ1) is 17.2. The fourth-order valence-corrected chi connectivity index (χ4v) is 6.92. The molecule has 2 saturated heterocycles. The zero-order valence-electron chi connectivity index (χ0n) is 20.6. The Kier molecular flexibility index (Phi) is 6.20. The van der Waals surface area contributed by atoms with Crippen LogP contribution in [0.5, 0.6) is 0 Å². The van der Waals surface area contributed by atoms with E-state index in [0.29, 0.717) is 6.04 Å². The first-order valence-electron chi connectivity index (χ1n) is 13.4. The average Bonchev–Trinajstić information content (AvgIpc) is 3.34. The summed E-state index contributed by atoms with van der Waals surface area (Å²) < 4.78 is 0. The fourth-order valence-electron chi connectivity index (χ4n) is 6.92. The van der Waals surface area contributed by atoms with Crippen LogP contribution < -0.4 is 0 Å². The second-order valence-electron chi connectivity index (χ2n) is 11.0. The van der Waals surface area contributed by atoms with E-state index >= 15 is 0 Å². The summed E-state index contributed by atoms with van der Waals surface area (Å²) in [4.78, 5) is 18.2. The highest BCUT2D eigenvalue weighted by Crippen LogP contribution is 2.40. The third kappa shape index (κ3) is 4.54. The van der Waals surface area contributed by atoms with E-state index in [9.17, 15) is 4.79 Å². The molecule has 3 heterocycles. The van der Waals surface area contributed by atoms with Gasteiger partial charge < -0.3 is 4.90 Å². The summed E-state index contributed by atoms with van der Waals surface area (Å²) in [6.07, 6.45) is 7.23. The lowest BCUT2D eigenvalue weighted by molar-refractivity contribution is 0.0765. The van der Waals surface area contributed by atoms with Gasteiger partial charge in [-0.05, 0) is 79.8 Å². The first-order valence-corrected chi connectivity index (χ1v) is 13.4. The van der Waals surface area contributed by atoms with E-state index in [1.165, 1.54) is 37.8 Å². The molecule has 0 aromatic heterocycles. The molecule has 1 amide bonds. The van der Waals surface area contributed by atoms with Crippen LogP contribution in [-0.2, 0) is 18.3 Å². The standard InChI is InChI=1S/C32H36N2O/c35-31(26-9-3-1-4-10-26)34-20-18-32(24-34,29-13-5-2-6-14-29)17-19-33-23-25-15-16-30(33)22-28-12-8-7-11-27(28)21-25/h1-14,25,30H,15-24H2/t25-,30+,32+/m1/s1. The van der Waals surface area contributed by atoms with Gasteiger partial charge in [-0.1, -0.05) is 72.8 Å². The molecule has 0 radical (unpaired) electrons. The van der Waals surface area contributed by atoms with Crippen molar-refractivity contribution in [2.75, 3.05) is 26.2 Å². The molecule has 4 aliphatic rings. The molecule has 3 nitrogen and oxygen atoms in total. The minimum Gasteiger partial charge on any atom is -0.338 e. The number of amides is 1. The van der Waals surface area contributed by atoms with E-state index in [4.69, 9.17) is 0 Å². The van der Waals surface area contributed by atoms with E-state index < -0.39 is 0 Å². The number of piperidine rings is 1. The SMILES string of the molecule is O=C(c1ccccc1)N1CC[C@](CCN2C[C@@H]3CC[C@H]2Cc2ccccc2C3)(c2ccccc2)C1. The van der Waals surface area contributed by atoms with Gasteiger partial charge in [0.25, 0.3) is 5.91 Å². The number of likely N-dealkylation sites (tertiary alicyclic amines) is 1. The van der Waals surface area contributed by atoms with E-state index in [-0.39, 0.29) is 11.3 Å². The molecule has 0 saturated carbocycles. The molecule has 2 fully saturated rings. The molecule has 3 heteroatoms.